The molecule has 8 heteroatoms. The molecule has 7 nitrogen and oxygen atoms in total. The summed E-state index contributed by atoms with van der Waals surface area (Å²) in [5.74, 6) is 0.117. The van der Waals surface area contributed by atoms with Gasteiger partial charge in [0.05, 0.1) is 31.3 Å². The quantitative estimate of drug-likeness (QED) is 0.543. The van der Waals surface area contributed by atoms with Gasteiger partial charge in [0.25, 0.3) is 0 Å². The van der Waals surface area contributed by atoms with E-state index in [1.165, 1.54) is 0 Å². The number of ether oxygens (including phenoxy) is 2. The summed E-state index contributed by atoms with van der Waals surface area (Å²) in [6.45, 7) is 2.12. The van der Waals surface area contributed by atoms with Crippen molar-refractivity contribution in [3.05, 3.63) is 0 Å². The van der Waals surface area contributed by atoms with Gasteiger partial charge in [-0.1, -0.05) is 0 Å². The Morgan fingerprint density at radius 1 is 1.30 bits per heavy atom. The monoisotopic (exact) mass is 308 g/mol. The van der Waals surface area contributed by atoms with Crippen molar-refractivity contribution in [3.63, 3.8) is 0 Å². The fourth-order valence-electron chi connectivity index (χ4n) is 2.19. The molecule has 1 fully saturated rings. The number of nitrogens with zero attached hydrogens (tertiary/aromatic N) is 1. The third kappa shape index (κ3) is 5.74. The van der Waals surface area contributed by atoms with Crippen LogP contribution in [0.2, 0.25) is 0 Å². The smallest absolute Gasteiger partial charge is 0.236 e. The zero-order valence-corrected chi connectivity index (χ0v) is 12.9. The van der Waals surface area contributed by atoms with Gasteiger partial charge in [0.15, 0.2) is 9.84 Å². The first-order chi connectivity index (χ1) is 9.50. The molecule has 0 saturated carbocycles. The Balaban J connectivity index is 2.52. The average molecular weight is 308 g/mol. The molecular weight excluding hydrogens is 284 g/mol. The standard InChI is InChI=1S/C12H24N2O5S/c1-18-6-4-13-9-12(15)14(5-7-19-2)11-3-8-20(16,17)10-11/h11,13H,3-10H2,1-2H3. The van der Waals surface area contributed by atoms with E-state index < -0.39 is 9.84 Å². The van der Waals surface area contributed by atoms with E-state index in [2.05, 4.69) is 5.32 Å². The summed E-state index contributed by atoms with van der Waals surface area (Å²) in [5, 5.41) is 2.98. The van der Waals surface area contributed by atoms with E-state index >= 15 is 0 Å². The highest BCUT2D eigenvalue weighted by atomic mass is 32.2. The van der Waals surface area contributed by atoms with E-state index in [4.69, 9.17) is 9.47 Å². The summed E-state index contributed by atoms with van der Waals surface area (Å²) < 4.78 is 33.0. The third-order valence-electron chi connectivity index (χ3n) is 3.27. The fourth-order valence-corrected chi connectivity index (χ4v) is 3.92. The lowest BCUT2D eigenvalue weighted by Gasteiger charge is -2.28. The maximum Gasteiger partial charge on any atom is 0.236 e. The number of hydrogen-bond acceptors (Lipinski definition) is 6. The summed E-state index contributed by atoms with van der Waals surface area (Å²) >= 11 is 0. The van der Waals surface area contributed by atoms with Crippen molar-refractivity contribution in [2.45, 2.75) is 12.5 Å². The molecule has 1 atom stereocenters. The molecule has 1 amide bonds. The molecule has 1 N–H and O–H groups in total. The third-order valence-corrected chi connectivity index (χ3v) is 5.02. The van der Waals surface area contributed by atoms with Gasteiger partial charge in [-0.2, -0.15) is 0 Å². The van der Waals surface area contributed by atoms with Crippen molar-refractivity contribution >= 4 is 15.7 Å². The highest BCUT2D eigenvalue weighted by Gasteiger charge is 2.34. The molecular formula is C12H24N2O5S. The van der Waals surface area contributed by atoms with Crippen molar-refractivity contribution < 1.29 is 22.7 Å². The SMILES string of the molecule is COCCNCC(=O)N(CCOC)C1CCS(=O)(=O)C1. The molecule has 20 heavy (non-hydrogen) atoms. The van der Waals surface area contributed by atoms with Crippen LogP contribution in [0.4, 0.5) is 0 Å². The lowest BCUT2D eigenvalue weighted by molar-refractivity contribution is -0.132. The minimum atomic E-state index is -3.00. The van der Waals surface area contributed by atoms with Gasteiger partial charge in [0.2, 0.25) is 5.91 Å². The summed E-state index contributed by atoms with van der Waals surface area (Å²) in [7, 11) is 0.152. The summed E-state index contributed by atoms with van der Waals surface area (Å²) in [6.07, 6.45) is 0.510. The Bertz CT molecular complexity index is 399. The van der Waals surface area contributed by atoms with E-state index in [-0.39, 0.29) is 30.0 Å². The van der Waals surface area contributed by atoms with Gasteiger partial charge >= 0.3 is 0 Å². The minimum absolute atomic E-state index is 0.0561. The van der Waals surface area contributed by atoms with Gasteiger partial charge in [0.1, 0.15) is 0 Å². The van der Waals surface area contributed by atoms with E-state index in [1.54, 1.807) is 19.1 Å². The van der Waals surface area contributed by atoms with E-state index in [0.717, 1.165) is 0 Å². The molecule has 0 spiro atoms. The predicted octanol–water partition coefficient (Wildman–Crippen LogP) is -1.12. The van der Waals surface area contributed by atoms with Gasteiger partial charge < -0.3 is 19.7 Å². The molecule has 1 heterocycles. The molecule has 0 aromatic carbocycles. The van der Waals surface area contributed by atoms with Crippen LogP contribution < -0.4 is 5.32 Å². The first kappa shape index (κ1) is 17.4. The summed E-state index contributed by atoms with van der Waals surface area (Å²) in [4.78, 5) is 13.8. The Morgan fingerprint density at radius 2 is 2.00 bits per heavy atom. The largest absolute Gasteiger partial charge is 0.383 e. The van der Waals surface area contributed by atoms with Crippen LogP contribution in [0.15, 0.2) is 0 Å². The maximum atomic E-state index is 12.2. The molecule has 0 bridgehead atoms. The zero-order valence-electron chi connectivity index (χ0n) is 12.1. The van der Waals surface area contributed by atoms with E-state index in [0.29, 0.717) is 32.7 Å². The van der Waals surface area contributed by atoms with Crippen LogP contribution in [0.1, 0.15) is 6.42 Å². The van der Waals surface area contributed by atoms with Crippen LogP contribution in [0, 0.1) is 0 Å². The Kier molecular flexibility index (Phi) is 7.42. The van der Waals surface area contributed by atoms with Crippen molar-refractivity contribution in [2.24, 2.45) is 0 Å². The molecule has 1 rings (SSSR count). The van der Waals surface area contributed by atoms with Gasteiger partial charge in [-0.25, -0.2) is 8.42 Å². The molecule has 1 unspecified atom stereocenters. The normalized spacial score (nSPS) is 21.0. The van der Waals surface area contributed by atoms with Gasteiger partial charge in [-0.3, -0.25) is 4.79 Å². The number of hydrogen-bond donors (Lipinski definition) is 1. The van der Waals surface area contributed by atoms with Crippen molar-refractivity contribution in [3.8, 4) is 0 Å². The predicted molar refractivity (Wildman–Crippen MR) is 75.4 cm³/mol. The topological polar surface area (TPSA) is 84.9 Å². The lowest BCUT2D eigenvalue weighted by atomic mass is 10.2. The molecule has 1 saturated heterocycles. The maximum absolute atomic E-state index is 12.2. The number of carbonyl (C=O) groups is 1. The molecule has 0 aliphatic carbocycles. The number of carbonyl (C=O) groups excluding carboxylic acids is 1. The molecule has 118 valence electrons. The Labute approximate surface area is 120 Å². The summed E-state index contributed by atoms with van der Waals surface area (Å²) in [6, 6.07) is -0.230. The van der Waals surface area contributed by atoms with Crippen molar-refractivity contribution in [1.82, 2.24) is 10.2 Å². The van der Waals surface area contributed by atoms with Crippen LogP contribution in [-0.4, -0.2) is 83.8 Å². The number of nitrogens with one attached hydrogen (secondary N) is 1. The number of methoxy groups -OCH3 is 2. The lowest BCUT2D eigenvalue weighted by Crippen LogP contribution is -2.47. The number of amides is 1. The number of sulfone groups is 1. The van der Waals surface area contributed by atoms with Gasteiger partial charge in [0, 0.05) is 33.4 Å². The zero-order chi connectivity index (χ0) is 15.0. The molecule has 1 aliphatic heterocycles. The van der Waals surface area contributed by atoms with E-state index in [9.17, 15) is 13.2 Å². The van der Waals surface area contributed by atoms with Crippen LogP contribution in [0.5, 0.6) is 0 Å². The van der Waals surface area contributed by atoms with Crippen LogP contribution in [0.3, 0.4) is 0 Å². The highest BCUT2D eigenvalue weighted by Crippen LogP contribution is 2.17. The van der Waals surface area contributed by atoms with Crippen LogP contribution in [0.25, 0.3) is 0 Å². The molecule has 1 aliphatic rings. The summed E-state index contributed by atoms with van der Waals surface area (Å²) in [5.41, 5.74) is 0. The van der Waals surface area contributed by atoms with Crippen LogP contribution in [-0.2, 0) is 24.1 Å². The Morgan fingerprint density at radius 3 is 2.55 bits per heavy atom. The van der Waals surface area contributed by atoms with Crippen LogP contribution >= 0.6 is 0 Å². The first-order valence-corrected chi connectivity index (χ1v) is 8.51. The first-order valence-electron chi connectivity index (χ1n) is 6.68. The Hall–Kier alpha value is -0.700. The molecule has 0 aromatic heterocycles. The van der Waals surface area contributed by atoms with Gasteiger partial charge in [-0.05, 0) is 6.42 Å². The second-order valence-corrected chi connectivity index (χ2v) is 7.04. The van der Waals surface area contributed by atoms with Crippen molar-refractivity contribution in [1.29, 1.82) is 0 Å². The van der Waals surface area contributed by atoms with Gasteiger partial charge in [-0.15, -0.1) is 0 Å². The number of rotatable bonds is 9. The fraction of sp³-hybridized carbons (Fsp3) is 0.917. The minimum Gasteiger partial charge on any atom is -0.383 e. The van der Waals surface area contributed by atoms with Crippen molar-refractivity contribution in [2.75, 3.05) is 58.6 Å². The second-order valence-electron chi connectivity index (χ2n) is 4.81. The van der Waals surface area contributed by atoms with E-state index in [1.807, 2.05) is 0 Å². The molecule has 0 aromatic rings. The average Bonchev–Trinajstić information content (AvgIpc) is 2.75. The molecule has 0 radical (unpaired) electrons. The second kappa shape index (κ2) is 8.56. The highest BCUT2D eigenvalue weighted by molar-refractivity contribution is 7.91.